The molecule has 5 rings (SSSR count). The van der Waals surface area contributed by atoms with E-state index in [-0.39, 0.29) is 24.1 Å². The van der Waals surface area contributed by atoms with Gasteiger partial charge in [-0.2, -0.15) is 0 Å². The average molecular weight is 523 g/mol. The lowest BCUT2D eigenvalue weighted by Crippen LogP contribution is -2.41. The Morgan fingerprint density at radius 2 is 1.84 bits per heavy atom. The molecule has 1 aromatic heterocycles. The largest absolute Gasteiger partial charge is 0.444 e. The first kappa shape index (κ1) is 25.3. The number of amides is 2. The molecule has 2 aliphatic rings. The van der Waals surface area contributed by atoms with Crippen molar-refractivity contribution in [3.63, 3.8) is 0 Å². The highest BCUT2D eigenvalue weighted by atomic mass is 35.5. The van der Waals surface area contributed by atoms with Crippen LogP contribution in [0.4, 0.5) is 4.79 Å². The van der Waals surface area contributed by atoms with Crippen molar-refractivity contribution in [2.75, 3.05) is 6.54 Å². The molecule has 0 bridgehead atoms. The van der Waals surface area contributed by atoms with Gasteiger partial charge in [0, 0.05) is 19.0 Å². The Morgan fingerprint density at radius 3 is 2.51 bits per heavy atom. The van der Waals surface area contributed by atoms with Crippen LogP contribution in [0.15, 0.2) is 53.3 Å². The van der Waals surface area contributed by atoms with E-state index in [1.54, 1.807) is 43.9 Å². The molecule has 37 heavy (non-hydrogen) atoms. The summed E-state index contributed by atoms with van der Waals surface area (Å²) in [5.41, 5.74) is 0.0348. The van der Waals surface area contributed by atoms with E-state index in [0.29, 0.717) is 46.2 Å². The molecule has 1 saturated carbocycles. The van der Waals surface area contributed by atoms with Crippen LogP contribution in [0, 0.1) is 5.92 Å². The summed E-state index contributed by atoms with van der Waals surface area (Å²) in [7, 11) is 0. The summed E-state index contributed by atoms with van der Waals surface area (Å²) >= 11 is 6.43. The number of halogens is 1. The van der Waals surface area contributed by atoms with Crippen molar-refractivity contribution in [1.29, 1.82) is 0 Å². The maximum Gasteiger partial charge on any atom is 0.410 e. The lowest BCUT2D eigenvalue weighted by Gasteiger charge is -2.29. The number of fused-ring (bicyclic) bond motifs is 1. The molecule has 2 heterocycles. The van der Waals surface area contributed by atoms with Crippen molar-refractivity contribution >= 4 is 34.5 Å². The number of hydrogen-bond donors (Lipinski definition) is 1. The van der Waals surface area contributed by atoms with Gasteiger partial charge in [0.15, 0.2) is 0 Å². The number of likely N-dealkylation sites (tertiary alicyclic amines) is 1. The molecule has 1 N–H and O–H groups in total. The first-order chi connectivity index (χ1) is 17.6. The zero-order chi connectivity index (χ0) is 26.3. The van der Waals surface area contributed by atoms with E-state index in [2.05, 4.69) is 5.32 Å². The molecule has 194 valence electrons. The molecule has 0 spiro atoms. The van der Waals surface area contributed by atoms with E-state index in [9.17, 15) is 14.4 Å². The Morgan fingerprint density at radius 1 is 1.11 bits per heavy atom. The normalized spacial score (nSPS) is 19.7. The van der Waals surface area contributed by atoms with Gasteiger partial charge in [0.1, 0.15) is 11.4 Å². The van der Waals surface area contributed by atoms with Crippen LogP contribution in [0.5, 0.6) is 0 Å². The fraction of sp³-hybridized carbons (Fsp3) is 0.429. The van der Waals surface area contributed by atoms with Crippen LogP contribution in [-0.4, -0.2) is 44.6 Å². The minimum Gasteiger partial charge on any atom is -0.444 e. The lowest BCUT2D eigenvalue weighted by molar-refractivity contribution is -0.122. The summed E-state index contributed by atoms with van der Waals surface area (Å²) in [6.07, 6.45) is 2.54. The fourth-order valence-electron chi connectivity index (χ4n) is 4.84. The Labute approximate surface area is 220 Å². The zero-order valence-corrected chi connectivity index (χ0v) is 22.0. The van der Waals surface area contributed by atoms with E-state index in [0.717, 1.165) is 12.8 Å². The van der Waals surface area contributed by atoms with Gasteiger partial charge in [-0.3, -0.25) is 19.1 Å². The lowest BCUT2D eigenvalue weighted by atomic mass is 10.1. The summed E-state index contributed by atoms with van der Waals surface area (Å²) < 4.78 is 7.24. The summed E-state index contributed by atoms with van der Waals surface area (Å²) in [5, 5.41) is 3.72. The number of carbonyl (C=O) groups excluding carboxylic acids is 2. The van der Waals surface area contributed by atoms with E-state index < -0.39 is 17.7 Å². The quantitative estimate of drug-likeness (QED) is 0.508. The zero-order valence-electron chi connectivity index (χ0n) is 21.2. The molecule has 3 aromatic rings. The first-order valence-corrected chi connectivity index (χ1v) is 13.0. The molecule has 2 fully saturated rings. The molecule has 2 atom stereocenters. The predicted octanol–water partition coefficient (Wildman–Crippen LogP) is 5.01. The molecule has 0 unspecified atom stereocenters. The van der Waals surface area contributed by atoms with E-state index in [1.807, 2.05) is 30.3 Å². The van der Waals surface area contributed by atoms with E-state index >= 15 is 0 Å². The molecule has 2 amide bonds. The number of carbonyl (C=O) groups is 2. The van der Waals surface area contributed by atoms with Crippen molar-refractivity contribution in [2.45, 2.75) is 64.1 Å². The third-order valence-electron chi connectivity index (χ3n) is 6.65. The molecule has 1 saturated heterocycles. The Balaban J connectivity index is 1.61. The molecule has 2 aromatic carbocycles. The molecular formula is C28H31ClN4O4. The van der Waals surface area contributed by atoms with Crippen LogP contribution in [0.2, 0.25) is 5.02 Å². The number of benzene rings is 2. The van der Waals surface area contributed by atoms with Crippen molar-refractivity contribution in [3.05, 3.63) is 69.7 Å². The highest BCUT2D eigenvalue weighted by Crippen LogP contribution is 2.36. The number of nitrogens with one attached hydrogen (secondary N) is 1. The third-order valence-corrected chi connectivity index (χ3v) is 6.97. The number of nitrogens with zero attached hydrogens (tertiary/aromatic N) is 3. The molecule has 1 aliphatic carbocycles. The Bertz CT molecular complexity index is 1400. The molecule has 0 radical (unpaired) electrons. The van der Waals surface area contributed by atoms with E-state index in [1.165, 1.54) is 4.57 Å². The summed E-state index contributed by atoms with van der Waals surface area (Å²) in [4.78, 5) is 46.3. The van der Waals surface area contributed by atoms with Gasteiger partial charge in [-0.15, -0.1) is 0 Å². The van der Waals surface area contributed by atoms with E-state index in [4.69, 9.17) is 21.3 Å². The van der Waals surface area contributed by atoms with Gasteiger partial charge in [0.05, 0.1) is 27.7 Å². The van der Waals surface area contributed by atoms with Crippen LogP contribution >= 0.6 is 11.6 Å². The second-order valence-corrected chi connectivity index (χ2v) is 11.3. The Kier molecular flexibility index (Phi) is 6.70. The smallest absolute Gasteiger partial charge is 0.410 e. The van der Waals surface area contributed by atoms with Gasteiger partial charge < -0.3 is 10.1 Å². The SMILES string of the molecule is CC(C)(C)OC(=O)N1C[C@H](NC(=O)CC2CC2)C[C@H]1c1nc2cccc(Cl)c2c(=O)n1-c1ccccc1. The standard InChI is InChI=1S/C28H31ClN4O4/c1-28(2,3)37-27(36)32-16-18(30-23(34)14-17-12-13-17)15-22(32)25-31-21-11-7-10-20(29)24(21)26(35)33(25)19-8-5-4-6-9-19/h4-11,17-18,22H,12-16H2,1-3H3,(H,30,34)/t18-,22+/m1/s1. The Hall–Kier alpha value is -3.39. The van der Waals surface area contributed by atoms with Gasteiger partial charge in [0.25, 0.3) is 5.56 Å². The highest BCUT2D eigenvalue weighted by molar-refractivity contribution is 6.35. The second kappa shape index (κ2) is 9.82. The van der Waals surface area contributed by atoms with Gasteiger partial charge in [-0.05, 0) is 70.2 Å². The maximum absolute atomic E-state index is 13.9. The molecule has 9 heteroatoms. The summed E-state index contributed by atoms with van der Waals surface area (Å²) in [6, 6.07) is 13.4. The van der Waals surface area contributed by atoms with Crippen LogP contribution in [0.1, 0.15) is 58.3 Å². The molecular weight excluding hydrogens is 492 g/mol. The van der Waals surface area contributed by atoms with Crippen molar-refractivity contribution in [2.24, 2.45) is 5.92 Å². The number of aromatic nitrogens is 2. The number of para-hydroxylation sites is 1. The summed E-state index contributed by atoms with van der Waals surface area (Å²) in [5.74, 6) is 0.834. The minimum atomic E-state index is -0.710. The molecule has 8 nitrogen and oxygen atoms in total. The molecule has 1 aliphatic heterocycles. The van der Waals surface area contributed by atoms with Gasteiger partial charge in [-0.25, -0.2) is 9.78 Å². The van der Waals surface area contributed by atoms with Crippen LogP contribution in [0.3, 0.4) is 0 Å². The van der Waals surface area contributed by atoms with Crippen molar-refractivity contribution in [1.82, 2.24) is 19.8 Å². The monoisotopic (exact) mass is 522 g/mol. The third kappa shape index (κ3) is 5.49. The number of hydrogen-bond acceptors (Lipinski definition) is 5. The predicted molar refractivity (Wildman–Crippen MR) is 142 cm³/mol. The topological polar surface area (TPSA) is 93.5 Å². The van der Waals surface area contributed by atoms with Gasteiger partial charge in [0.2, 0.25) is 5.91 Å². The second-order valence-electron chi connectivity index (χ2n) is 10.9. The van der Waals surface area contributed by atoms with Crippen LogP contribution in [0.25, 0.3) is 16.6 Å². The van der Waals surface area contributed by atoms with Gasteiger partial charge in [-0.1, -0.05) is 35.9 Å². The first-order valence-electron chi connectivity index (χ1n) is 12.7. The highest BCUT2D eigenvalue weighted by Gasteiger charge is 2.42. The number of ether oxygens (including phenoxy) is 1. The maximum atomic E-state index is 13.9. The van der Waals surface area contributed by atoms with Crippen molar-refractivity contribution < 1.29 is 14.3 Å². The summed E-state index contributed by atoms with van der Waals surface area (Å²) in [6.45, 7) is 5.68. The van der Waals surface area contributed by atoms with Crippen LogP contribution in [-0.2, 0) is 9.53 Å². The fourth-order valence-corrected chi connectivity index (χ4v) is 5.09. The number of rotatable bonds is 5. The van der Waals surface area contributed by atoms with Crippen LogP contribution < -0.4 is 10.9 Å². The van der Waals surface area contributed by atoms with Gasteiger partial charge >= 0.3 is 6.09 Å². The average Bonchev–Trinajstić information content (AvgIpc) is 3.54. The minimum absolute atomic E-state index is 0.0176. The van der Waals surface area contributed by atoms with Crippen molar-refractivity contribution in [3.8, 4) is 5.69 Å².